The van der Waals surface area contributed by atoms with Gasteiger partial charge in [0.05, 0.1) is 35.2 Å². The Morgan fingerprint density at radius 2 is 0.696 bits per heavy atom. The van der Waals surface area contributed by atoms with E-state index in [0.717, 1.165) is 72.1 Å². The van der Waals surface area contributed by atoms with Gasteiger partial charge in [-0.25, -0.2) is 4.98 Å². The van der Waals surface area contributed by atoms with Crippen molar-refractivity contribution in [2.45, 2.75) is 0 Å². The Hall–Kier alpha value is -8.99. The van der Waals surface area contributed by atoms with E-state index in [0.29, 0.717) is 0 Å². The molecule has 12 rings (SSSR count). The number of hydrogen-bond acceptors (Lipinski definition) is 3. The van der Waals surface area contributed by atoms with Crippen LogP contribution in [-0.2, 0) is 0 Å². The third-order valence-electron chi connectivity index (χ3n) is 13.3. The number of hydrogen-bond donors (Lipinski definition) is 0. The first-order valence-electron chi connectivity index (χ1n) is 23.5. The van der Waals surface area contributed by atoms with Crippen molar-refractivity contribution in [1.29, 1.82) is 0 Å². The minimum atomic E-state index is -0.0194. The molecule has 0 aliphatic rings. The number of aliphatic imine (C=N–C) groups is 2. The highest BCUT2D eigenvalue weighted by atomic mass is 14.8. The van der Waals surface area contributed by atoms with Gasteiger partial charge in [-0.1, -0.05) is 247 Å². The van der Waals surface area contributed by atoms with Gasteiger partial charge in [-0.3, -0.25) is 9.98 Å². The lowest BCUT2D eigenvalue weighted by molar-refractivity contribution is 1.27. The fraction of sp³-hybridized carbons (Fsp3) is 0. The maximum atomic E-state index is 5.34. The molecule has 0 spiro atoms. The molecule has 0 atom stereocenters. The smallest absolute Gasteiger partial charge is 0.242 e. The molecule has 0 radical (unpaired) electrons. The predicted octanol–water partition coefficient (Wildman–Crippen LogP) is 14.7. The highest BCUT2D eigenvalue weighted by Crippen LogP contribution is 2.46. The van der Waals surface area contributed by atoms with Gasteiger partial charge in [0.1, 0.15) is 0 Å². The second kappa shape index (κ2) is 18.4. The molecule has 322 valence electrons. The second-order valence-electron chi connectivity index (χ2n) is 17.4. The molecule has 0 saturated carbocycles. The average Bonchev–Trinajstić information content (AvgIpc) is 3.42. The lowest BCUT2D eigenvalue weighted by Crippen LogP contribution is -2.52. The fourth-order valence-corrected chi connectivity index (χ4v) is 10.2. The van der Waals surface area contributed by atoms with Crippen molar-refractivity contribution in [1.82, 2.24) is 4.98 Å². The molecule has 0 bridgehead atoms. The van der Waals surface area contributed by atoms with Crippen molar-refractivity contribution >= 4 is 90.0 Å². The van der Waals surface area contributed by atoms with E-state index in [1.165, 1.54) is 43.5 Å². The molecule has 12 aromatic rings. The summed E-state index contributed by atoms with van der Waals surface area (Å²) in [5, 5.41) is 9.34. The summed E-state index contributed by atoms with van der Waals surface area (Å²) >= 11 is 0. The van der Waals surface area contributed by atoms with Crippen LogP contribution < -0.4 is 16.4 Å². The molecule has 0 amide bonds. The maximum absolute atomic E-state index is 5.34. The summed E-state index contributed by atoms with van der Waals surface area (Å²) in [6, 6.07) is 90.7. The SMILES string of the molecule is C(=Nc1ccc2ccccc2c1-c1c(B(c2ccccc2)c2ccccc2)ccc2ccccc12)c1cccc(C=Nc2ccc3ccccc3c2-c2c(-c3ccccc3)ccc3ccccc23)n1. The molecule has 0 N–H and O–H groups in total. The number of rotatable bonds is 10. The fourth-order valence-electron chi connectivity index (χ4n) is 10.2. The summed E-state index contributed by atoms with van der Waals surface area (Å²) < 4.78 is 0. The first-order valence-corrected chi connectivity index (χ1v) is 23.5. The lowest BCUT2D eigenvalue weighted by Gasteiger charge is -2.23. The molecular formula is C65H44BN3. The van der Waals surface area contributed by atoms with E-state index < -0.39 is 0 Å². The number of benzene rings is 11. The standard InChI is InChI=1S/C65H44BN3/c1-4-19-45(20-5-1)58-39-35-46-21-10-14-31-54(46)62(58)64-56-33-16-12-23-48(56)37-41-60(64)67-43-52-29-18-30-53(69-52)44-68-61-42-38-49-24-13-17-34-57(49)65(61)63-55-32-15-11-22-47(55)36-40-59(63)66(50-25-6-2-7-26-50)51-27-8-3-9-28-51/h1-44H. The normalized spacial score (nSPS) is 11.7. The molecule has 0 aliphatic heterocycles. The molecule has 0 aliphatic carbocycles. The van der Waals surface area contributed by atoms with Crippen LogP contribution in [0.1, 0.15) is 11.4 Å². The Balaban J connectivity index is 0.984. The summed E-state index contributed by atoms with van der Waals surface area (Å²) in [5.41, 5.74) is 13.8. The first-order chi connectivity index (χ1) is 34.2. The van der Waals surface area contributed by atoms with E-state index in [1.807, 2.05) is 30.6 Å². The minimum Gasteiger partial charge on any atom is -0.254 e. The zero-order chi connectivity index (χ0) is 45.9. The van der Waals surface area contributed by atoms with Crippen molar-refractivity contribution in [3.05, 3.63) is 266 Å². The Morgan fingerprint density at radius 1 is 0.304 bits per heavy atom. The Morgan fingerprint density at radius 3 is 1.20 bits per heavy atom. The molecule has 3 nitrogen and oxygen atoms in total. The van der Waals surface area contributed by atoms with E-state index in [9.17, 15) is 0 Å². The monoisotopic (exact) mass is 877 g/mol. The Labute approximate surface area is 402 Å². The van der Waals surface area contributed by atoms with Crippen LogP contribution in [0.2, 0.25) is 0 Å². The molecule has 0 saturated heterocycles. The average molecular weight is 878 g/mol. The zero-order valence-electron chi connectivity index (χ0n) is 37.8. The molecular weight excluding hydrogens is 834 g/mol. The van der Waals surface area contributed by atoms with Gasteiger partial charge < -0.3 is 0 Å². The van der Waals surface area contributed by atoms with Crippen molar-refractivity contribution < 1.29 is 0 Å². The summed E-state index contributed by atoms with van der Waals surface area (Å²) in [7, 11) is 0. The number of pyridine rings is 1. The van der Waals surface area contributed by atoms with Gasteiger partial charge in [0.15, 0.2) is 0 Å². The van der Waals surface area contributed by atoms with Crippen LogP contribution in [0, 0.1) is 0 Å². The topological polar surface area (TPSA) is 37.6 Å². The van der Waals surface area contributed by atoms with Crippen LogP contribution in [0.4, 0.5) is 11.4 Å². The van der Waals surface area contributed by atoms with Gasteiger partial charge in [0.2, 0.25) is 6.71 Å². The van der Waals surface area contributed by atoms with Crippen LogP contribution in [0.5, 0.6) is 0 Å². The Kier molecular flexibility index (Phi) is 11.0. The van der Waals surface area contributed by atoms with E-state index in [2.05, 4.69) is 237 Å². The van der Waals surface area contributed by atoms with E-state index in [1.54, 1.807) is 0 Å². The lowest BCUT2D eigenvalue weighted by atomic mass is 9.36. The number of fused-ring (bicyclic) bond motifs is 4. The second-order valence-corrected chi connectivity index (χ2v) is 17.4. The van der Waals surface area contributed by atoms with Gasteiger partial charge in [0, 0.05) is 16.7 Å². The summed E-state index contributed by atoms with van der Waals surface area (Å²) in [4.78, 5) is 15.7. The van der Waals surface area contributed by atoms with E-state index in [-0.39, 0.29) is 6.71 Å². The highest BCUT2D eigenvalue weighted by Gasteiger charge is 2.28. The molecule has 0 unspecified atom stereocenters. The zero-order valence-corrected chi connectivity index (χ0v) is 37.8. The third-order valence-corrected chi connectivity index (χ3v) is 13.3. The van der Waals surface area contributed by atoms with Crippen LogP contribution >= 0.6 is 0 Å². The van der Waals surface area contributed by atoms with Gasteiger partial charge in [-0.15, -0.1) is 0 Å². The van der Waals surface area contributed by atoms with E-state index >= 15 is 0 Å². The molecule has 11 aromatic carbocycles. The van der Waals surface area contributed by atoms with Crippen molar-refractivity contribution in [2.24, 2.45) is 9.98 Å². The van der Waals surface area contributed by atoms with Gasteiger partial charge in [-0.05, 0) is 84.0 Å². The van der Waals surface area contributed by atoms with Crippen LogP contribution in [0.25, 0.3) is 76.5 Å². The number of nitrogens with zero attached hydrogens (tertiary/aromatic N) is 3. The van der Waals surface area contributed by atoms with Crippen LogP contribution in [0.15, 0.2) is 265 Å². The highest BCUT2D eigenvalue weighted by molar-refractivity contribution is 6.96. The molecule has 69 heavy (non-hydrogen) atoms. The first kappa shape index (κ1) is 41.4. The molecule has 4 heteroatoms. The van der Waals surface area contributed by atoms with Crippen LogP contribution in [0.3, 0.4) is 0 Å². The maximum Gasteiger partial charge on any atom is 0.242 e. The third kappa shape index (κ3) is 7.98. The van der Waals surface area contributed by atoms with Crippen molar-refractivity contribution in [3.8, 4) is 33.4 Å². The summed E-state index contributed by atoms with van der Waals surface area (Å²) in [6.07, 6.45) is 3.78. The number of aromatic nitrogens is 1. The van der Waals surface area contributed by atoms with Crippen molar-refractivity contribution in [3.63, 3.8) is 0 Å². The summed E-state index contributed by atoms with van der Waals surface area (Å²) in [6.45, 7) is -0.0194. The minimum absolute atomic E-state index is 0.0194. The molecule has 0 fully saturated rings. The largest absolute Gasteiger partial charge is 0.254 e. The molecule has 1 heterocycles. The van der Waals surface area contributed by atoms with Gasteiger partial charge >= 0.3 is 0 Å². The Bertz CT molecular complexity index is 3860. The van der Waals surface area contributed by atoms with Gasteiger partial charge in [0.25, 0.3) is 0 Å². The summed E-state index contributed by atoms with van der Waals surface area (Å²) in [5.74, 6) is 0. The van der Waals surface area contributed by atoms with Crippen molar-refractivity contribution in [2.75, 3.05) is 0 Å². The molecule has 1 aromatic heterocycles. The quantitative estimate of drug-likeness (QED) is 0.0996. The van der Waals surface area contributed by atoms with E-state index in [4.69, 9.17) is 15.0 Å². The predicted molar refractivity (Wildman–Crippen MR) is 296 cm³/mol. The van der Waals surface area contributed by atoms with Crippen LogP contribution in [-0.4, -0.2) is 24.1 Å². The van der Waals surface area contributed by atoms with Gasteiger partial charge in [-0.2, -0.15) is 0 Å².